The Balaban J connectivity index is 1.69. The molecule has 2 aromatic rings. The van der Waals surface area contributed by atoms with E-state index < -0.39 is 11.6 Å². The van der Waals surface area contributed by atoms with Gasteiger partial charge in [-0.15, -0.1) is 0 Å². The average Bonchev–Trinajstić information content (AvgIpc) is 3.19. The van der Waals surface area contributed by atoms with E-state index in [-0.39, 0.29) is 22.3 Å². The lowest BCUT2D eigenvalue weighted by Crippen LogP contribution is -2.56. The number of carbonyl (C=O) groups is 2. The van der Waals surface area contributed by atoms with Gasteiger partial charge in [-0.25, -0.2) is 0 Å². The zero-order valence-electron chi connectivity index (χ0n) is 18.2. The fraction of sp³-hybridized carbons (Fsp3) is 0.375. The molecule has 0 saturated carbocycles. The molecule has 1 aromatic heterocycles. The van der Waals surface area contributed by atoms with Crippen LogP contribution in [0.5, 0.6) is 11.5 Å². The van der Waals surface area contributed by atoms with Crippen molar-refractivity contribution < 1.29 is 19.4 Å². The molecule has 1 amide bonds. The number of hydrogen-bond donors (Lipinski definition) is 2. The van der Waals surface area contributed by atoms with Gasteiger partial charge < -0.3 is 15.2 Å². The first-order chi connectivity index (χ1) is 15.4. The predicted molar refractivity (Wildman–Crippen MR) is 120 cm³/mol. The van der Waals surface area contributed by atoms with E-state index in [1.807, 2.05) is 12.1 Å². The highest BCUT2D eigenvalue weighted by atomic mass is 35.5. The molecular formula is C24H26ClN3O4. The van der Waals surface area contributed by atoms with Gasteiger partial charge in [0, 0.05) is 31.5 Å². The molecule has 2 N–H and O–H groups in total. The number of amides is 1. The molecule has 3 heterocycles. The quantitative estimate of drug-likeness (QED) is 0.587. The summed E-state index contributed by atoms with van der Waals surface area (Å²) in [6.45, 7) is 2.46. The number of nitrogens with zero attached hydrogens (tertiary/aromatic N) is 2. The van der Waals surface area contributed by atoms with Gasteiger partial charge in [-0.2, -0.15) is 0 Å². The van der Waals surface area contributed by atoms with Gasteiger partial charge in [0.25, 0.3) is 11.6 Å². The number of benzene rings is 1. The summed E-state index contributed by atoms with van der Waals surface area (Å²) in [7, 11) is 1.50. The van der Waals surface area contributed by atoms with Crippen molar-refractivity contribution >= 4 is 23.3 Å². The van der Waals surface area contributed by atoms with Crippen LogP contribution >= 0.6 is 11.6 Å². The Morgan fingerprint density at radius 1 is 1.16 bits per heavy atom. The Morgan fingerprint density at radius 2 is 1.91 bits per heavy atom. The molecule has 32 heavy (non-hydrogen) atoms. The number of halogens is 1. The normalized spacial score (nSPS) is 19.7. The maximum Gasteiger partial charge on any atom is 0.291 e. The SMILES string of the molecule is CCCCCCc1c(O)ccc2c1O[C@]1(C2=O)C(NCc2ccncc2)=C(Cl)C(=O)N1C. The van der Waals surface area contributed by atoms with E-state index in [0.717, 1.165) is 31.2 Å². The monoisotopic (exact) mass is 455 g/mol. The molecule has 8 heteroatoms. The minimum atomic E-state index is -1.71. The topological polar surface area (TPSA) is 91.8 Å². The van der Waals surface area contributed by atoms with Crippen molar-refractivity contribution in [3.8, 4) is 11.5 Å². The minimum Gasteiger partial charge on any atom is -0.508 e. The number of aromatic hydroxyl groups is 1. The van der Waals surface area contributed by atoms with Crippen LogP contribution < -0.4 is 10.1 Å². The molecule has 1 aromatic carbocycles. The Kier molecular flexibility index (Phi) is 6.11. The lowest BCUT2D eigenvalue weighted by atomic mass is 9.97. The van der Waals surface area contributed by atoms with Crippen LogP contribution in [0.2, 0.25) is 0 Å². The molecule has 1 spiro atoms. The van der Waals surface area contributed by atoms with Crippen LogP contribution in [0.1, 0.15) is 54.1 Å². The van der Waals surface area contributed by atoms with Gasteiger partial charge in [0.15, 0.2) is 0 Å². The second-order valence-corrected chi connectivity index (χ2v) is 8.47. The molecule has 0 radical (unpaired) electrons. The number of fused-ring (bicyclic) bond motifs is 1. The molecule has 0 saturated heterocycles. The molecule has 0 unspecified atom stereocenters. The van der Waals surface area contributed by atoms with Gasteiger partial charge in [-0.05, 0) is 42.7 Å². The Morgan fingerprint density at radius 3 is 2.62 bits per heavy atom. The van der Waals surface area contributed by atoms with Crippen molar-refractivity contribution in [3.05, 3.63) is 64.1 Å². The van der Waals surface area contributed by atoms with Crippen LogP contribution in [-0.2, 0) is 17.8 Å². The summed E-state index contributed by atoms with van der Waals surface area (Å²) in [6.07, 6.45) is 7.97. The maximum atomic E-state index is 13.6. The number of Topliss-reactive ketones (excluding diaryl/α,β-unsaturated/α-hetero) is 1. The number of unbranched alkanes of at least 4 members (excludes halogenated alkanes) is 3. The van der Waals surface area contributed by atoms with Crippen LogP contribution in [0.25, 0.3) is 0 Å². The molecule has 1 atom stereocenters. The lowest BCUT2D eigenvalue weighted by Gasteiger charge is -2.32. The van der Waals surface area contributed by atoms with Gasteiger partial charge in [0.05, 0.1) is 5.56 Å². The number of nitrogens with one attached hydrogen (secondary N) is 1. The van der Waals surface area contributed by atoms with Crippen molar-refractivity contribution in [3.63, 3.8) is 0 Å². The van der Waals surface area contributed by atoms with Crippen LogP contribution in [-0.4, -0.2) is 39.5 Å². The van der Waals surface area contributed by atoms with Gasteiger partial charge in [0.1, 0.15) is 22.2 Å². The molecule has 0 bridgehead atoms. The van der Waals surface area contributed by atoms with Crippen molar-refractivity contribution in [1.82, 2.24) is 15.2 Å². The number of phenolic OH excluding ortho intramolecular Hbond substituents is 1. The number of carbonyl (C=O) groups excluding carboxylic acids is 2. The molecule has 0 aliphatic carbocycles. The molecule has 2 aliphatic rings. The van der Waals surface area contributed by atoms with E-state index >= 15 is 0 Å². The predicted octanol–water partition coefficient (Wildman–Crippen LogP) is 3.89. The van der Waals surface area contributed by atoms with Gasteiger partial charge in [-0.1, -0.05) is 37.8 Å². The Labute approximate surface area is 192 Å². The molecule has 4 rings (SSSR count). The zero-order chi connectivity index (χ0) is 22.9. The van der Waals surface area contributed by atoms with E-state index in [2.05, 4.69) is 17.2 Å². The summed E-state index contributed by atoms with van der Waals surface area (Å²) in [5.74, 6) is -0.482. The summed E-state index contributed by atoms with van der Waals surface area (Å²) in [6, 6.07) is 6.71. The number of pyridine rings is 1. The first-order valence-corrected chi connectivity index (χ1v) is 11.2. The third-order valence-electron chi connectivity index (χ3n) is 6.06. The smallest absolute Gasteiger partial charge is 0.291 e. The Bertz CT molecular complexity index is 1090. The zero-order valence-corrected chi connectivity index (χ0v) is 18.9. The molecule has 168 valence electrons. The number of likely N-dealkylation sites (N-methyl/N-ethyl adjacent to an activating group) is 1. The first-order valence-electron chi connectivity index (χ1n) is 10.8. The standard InChI is InChI=1S/C24H26ClN3O4/c1-3-4-5-6-7-16-18(29)9-8-17-20(16)32-24(22(17)30)21(19(25)23(31)28(24)2)27-14-15-10-12-26-13-11-15/h8-13,27,29H,3-7,14H2,1-2H3/t24-/m0/s1. The van der Waals surface area contributed by atoms with E-state index in [0.29, 0.717) is 29.8 Å². The maximum absolute atomic E-state index is 13.6. The number of ether oxygens (including phenoxy) is 1. The fourth-order valence-electron chi connectivity index (χ4n) is 4.25. The van der Waals surface area contributed by atoms with Crippen molar-refractivity contribution in [2.45, 2.75) is 51.3 Å². The number of ketones is 1. The van der Waals surface area contributed by atoms with Crippen molar-refractivity contribution in [2.24, 2.45) is 0 Å². The second-order valence-electron chi connectivity index (χ2n) is 8.09. The van der Waals surface area contributed by atoms with Crippen molar-refractivity contribution in [2.75, 3.05) is 7.05 Å². The Hall–Kier alpha value is -3.06. The van der Waals surface area contributed by atoms with Crippen molar-refractivity contribution in [1.29, 1.82) is 0 Å². The summed E-state index contributed by atoms with van der Waals surface area (Å²) < 4.78 is 6.27. The second kappa shape index (κ2) is 8.82. The lowest BCUT2D eigenvalue weighted by molar-refractivity contribution is -0.132. The average molecular weight is 456 g/mol. The molecular weight excluding hydrogens is 430 g/mol. The molecule has 2 aliphatic heterocycles. The van der Waals surface area contributed by atoms with Crippen LogP contribution in [0.3, 0.4) is 0 Å². The minimum absolute atomic E-state index is 0.0819. The van der Waals surface area contributed by atoms with Crippen LogP contribution in [0, 0.1) is 0 Å². The van der Waals surface area contributed by atoms with E-state index in [1.54, 1.807) is 18.5 Å². The number of phenols is 1. The molecule has 7 nitrogen and oxygen atoms in total. The van der Waals surface area contributed by atoms with E-state index in [9.17, 15) is 14.7 Å². The number of aromatic nitrogens is 1. The number of rotatable bonds is 8. The van der Waals surface area contributed by atoms with E-state index in [1.165, 1.54) is 18.0 Å². The van der Waals surface area contributed by atoms with Gasteiger partial charge >= 0.3 is 0 Å². The third kappa shape index (κ3) is 3.50. The summed E-state index contributed by atoms with van der Waals surface area (Å²) >= 11 is 6.39. The van der Waals surface area contributed by atoms with E-state index in [4.69, 9.17) is 16.3 Å². The summed E-state index contributed by atoms with van der Waals surface area (Å²) in [5.41, 5.74) is 0.325. The largest absolute Gasteiger partial charge is 0.508 e. The summed E-state index contributed by atoms with van der Waals surface area (Å²) in [5, 5.41) is 13.6. The number of hydrogen-bond acceptors (Lipinski definition) is 6. The fourth-order valence-corrected chi connectivity index (χ4v) is 4.57. The van der Waals surface area contributed by atoms with Gasteiger partial charge in [0.2, 0.25) is 5.78 Å². The highest BCUT2D eigenvalue weighted by molar-refractivity contribution is 6.44. The van der Waals surface area contributed by atoms with Crippen LogP contribution in [0.15, 0.2) is 47.4 Å². The summed E-state index contributed by atoms with van der Waals surface area (Å²) in [4.78, 5) is 31.6. The third-order valence-corrected chi connectivity index (χ3v) is 6.41. The first kappa shape index (κ1) is 22.1. The van der Waals surface area contributed by atoms with Crippen LogP contribution in [0.4, 0.5) is 0 Å². The van der Waals surface area contributed by atoms with Gasteiger partial charge in [-0.3, -0.25) is 19.5 Å². The highest BCUT2D eigenvalue weighted by Crippen LogP contribution is 2.49. The highest BCUT2D eigenvalue weighted by Gasteiger charge is 2.62. The molecule has 0 fully saturated rings.